The number of carbonyl (C=O) groups excluding carboxylic acids is 1. The van der Waals surface area contributed by atoms with Gasteiger partial charge in [0.25, 0.3) is 0 Å². The van der Waals surface area contributed by atoms with Crippen molar-refractivity contribution < 1.29 is 14.3 Å². The van der Waals surface area contributed by atoms with Crippen LogP contribution in [0.1, 0.15) is 11.1 Å². The van der Waals surface area contributed by atoms with Gasteiger partial charge in [0, 0.05) is 11.1 Å². The minimum atomic E-state index is -0.590. The van der Waals surface area contributed by atoms with Crippen LogP contribution in [0.5, 0.6) is 11.5 Å². The van der Waals surface area contributed by atoms with E-state index in [1.54, 1.807) is 25.3 Å². The molecular formula is C17H17NO3. The van der Waals surface area contributed by atoms with Gasteiger partial charge in [0.05, 0.1) is 7.11 Å². The second kappa shape index (κ2) is 6.61. The lowest BCUT2D eigenvalue weighted by Gasteiger charge is -2.15. The monoisotopic (exact) mass is 283 g/mol. The highest BCUT2D eigenvalue weighted by Gasteiger charge is 2.16. The lowest BCUT2D eigenvalue weighted by Crippen LogP contribution is -2.13. The number of hydrogen-bond acceptors (Lipinski definition) is 3. The Hall–Kier alpha value is -2.75. The van der Waals surface area contributed by atoms with Crippen molar-refractivity contribution in [2.45, 2.75) is 6.61 Å². The zero-order chi connectivity index (χ0) is 15.2. The number of para-hydroxylation sites is 1. The number of carbonyl (C=O) groups is 1. The van der Waals surface area contributed by atoms with Gasteiger partial charge in [0.2, 0.25) is 5.91 Å². The largest absolute Gasteiger partial charge is 0.493 e. The van der Waals surface area contributed by atoms with Crippen LogP contribution < -0.4 is 15.2 Å². The number of nitrogens with two attached hydrogens (primary N) is 1. The van der Waals surface area contributed by atoms with Crippen molar-refractivity contribution in [2.24, 2.45) is 5.73 Å². The molecule has 0 unspecified atom stereocenters. The summed E-state index contributed by atoms with van der Waals surface area (Å²) in [5, 5.41) is 0. The van der Waals surface area contributed by atoms with Gasteiger partial charge in [-0.05, 0) is 11.6 Å². The van der Waals surface area contributed by atoms with Gasteiger partial charge in [-0.15, -0.1) is 0 Å². The van der Waals surface area contributed by atoms with Crippen molar-refractivity contribution in [3.8, 4) is 11.5 Å². The number of benzene rings is 2. The molecule has 2 aromatic rings. The van der Waals surface area contributed by atoms with Crippen molar-refractivity contribution in [3.63, 3.8) is 0 Å². The molecule has 0 saturated heterocycles. The van der Waals surface area contributed by atoms with Crippen LogP contribution in [0.25, 0.3) is 5.57 Å². The Morgan fingerprint density at radius 1 is 1.14 bits per heavy atom. The van der Waals surface area contributed by atoms with Crippen LogP contribution in [0.2, 0.25) is 0 Å². The first-order chi connectivity index (χ1) is 10.1. The molecule has 0 aliphatic rings. The zero-order valence-corrected chi connectivity index (χ0v) is 11.8. The Kier molecular flexibility index (Phi) is 4.61. The van der Waals surface area contributed by atoms with E-state index in [0.717, 1.165) is 5.56 Å². The maximum absolute atomic E-state index is 11.4. The SMILES string of the molecule is C=C(C(N)=O)c1cccc(OC)c1OCc1ccccc1. The van der Waals surface area contributed by atoms with Gasteiger partial charge in [-0.25, -0.2) is 0 Å². The van der Waals surface area contributed by atoms with Gasteiger partial charge < -0.3 is 15.2 Å². The van der Waals surface area contributed by atoms with Gasteiger partial charge in [0.1, 0.15) is 6.61 Å². The molecule has 0 fully saturated rings. The molecule has 0 heterocycles. The second-order valence-electron chi connectivity index (χ2n) is 4.45. The summed E-state index contributed by atoms with van der Waals surface area (Å²) in [6.45, 7) is 4.07. The van der Waals surface area contributed by atoms with Crippen LogP contribution in [-0.2, 0) is 11.4 Å². The highest BCUT2D eigenvalue weighted by atomic mass is 16.5. The lowest BCUT2D eigenvalue weighted by molar-refractivity contribution is -0.112. The molecule has 1 amide bonds. The fraction of sp³-hybridized carbons (Fsp3) is 0.118. The number of primary amides is 1. The van der Waals surface area contributed by atoms with Crippen LogP contribution in [0.3, 0.4) is 0 Å². The third-order valence-electron chi connectivity index (χ3n) is 3.05. The topological polar surface area (TPSA) is 61.6 Å². The summed E-state index contributed by atoms with van der Waals surface area (Å²) in [5.41, 5.74) is 7.05. The highest BCUT2D eigenvalue weighted by molar-refractivity contribution is 6.18. The van der Waals surface area contributed by atoms with Crippen molar-refractivity contribution >= 4 is 11.5 Å². The first-order valence-electron chi connectivity index (χ1n) is 6.46. The van der Waals surface area contributed by atoms with Crippen molar-refractivity contribution in [1.82, 2.24) is 0 Å². The van der Waals surface area contributed by atoms with E-state index in [4.69, 9.17) is 15.2 Å². The van der Waals surface area contributed by atoms with E-state index in [1.807, 2.05) is 30.3 Å². The van der Waals surface area contributed by atoms with Crippen LogP contribution in [-0.4, -0.2) is 13.0 Å². The van der Waals surface area contributed by atoms with Gasteiger partial charge in [-0.3, -0.25) is 4.79 Å². The fourth-order valence-electron chi connectivity index (χ4n) is 1.93. The minimum Gasteiger partial charge on any atom is -0.493 e. The smallest absolute Gasteiger partial charge is 0.248 e. The second-order valence-corrected chi connectivity index (χ2v) is 4.45. The Bertz CT molecular complexity index is 650. The first kappa shape index (κ1) is 14.7. The molecule has 0 atom stereocenters. The average Bonchev–Trinajstić information content (AvgIpc) is 2.52. The lowest BCUT2D eigenvalue weighted by atomic mass is 10.1. The number of hydrogen-bond donors (Lipinski definition) is 1. The maximum atomic E-state index is 11.4. The summed E-state index contributed by atoms with van der Waals surface area (Å²) in [6.07, 6.45) is 0. The van der Waals surface area contributed by atoms with E-state index < -0.39 is 5.91 Å². The Balaban J connectivity index is 2.31. The highest BCUT2D eigenvalue weighted by Crippen LogP contribution is 2.35. The quantitative estimate of drug-likeness (QED) is 0.829. The molecule has 0 aromatic heterocycles. The molecule has 0 aliphatic heterocycles. The first-order valence-corrected chi connectivity index (χ1v) is 6.46. The molecule has 0 aliphatic carbocycles. The van der Waals surface area contributed by atoms with Gasteiger partial charge in [-0.1, -0.05) is 49.0 Å². The fourth-order valence-corrected chi connectivity index (χ4v) is 1.93. The summed E-state index contributed by atoms with van der Waals surface area (Å²) in [4.78, 5) is 11.4. The summed E-state index contributed by atoms with van der Waals surface area (Å²) in [7, 11) is 1.54. The normalized spacial score (nSPS) is 9.95. The molecular weight excluding hydrogens is 266 g/mol. The molecule has 2 rings (SSSR count). The van der Waals surface area contributed by atoms with Gasteiger partial charge >= 0.3 is 0 Å². The summed E-state index contributed by atoms with van der Waals surface area (Å²) in [5.74, 6) is 0.409. The van der Waals surface area contributed by atoms with E-state index in [0.29, 0.717) is 23.7 Å². The van der Waals surface area contributed by atoms with Crippen molar-refractivity contribution in [1.29, 1.82) is 0 Å². The third kappa shape index (κ3) is 3.42. The molecule has 2 N–H and O–H groups in total. The van der Waals surface area contributed by atoms with Crippen LogP contribution in [0, 0.1) is 0 Å². The number of rotatable bonds is 6. The van der Waals surface area contributed by atoms with Gasteiger partial charge in [0.15, 0.2) is 11.5 Å². The number of ether oxygens (including phenoxy) is 2. The molecule has 0 bridgehead atoms. The van der Waals surface area contributed by atoms with Crippen LogP contribution >= 0.6 is 0 Å². The maximum Gasteiger partial charge on any atom is 0.248 e. The summed E-state index contributed by atoms with van der Waals surface area (Å²) >= 11 is 0. The molecule has 0 spiro atoms. The van der Waals surface area contributed by atoms with Crippen LogP contribution in [0.15, 0.2) is 55.1 Å². The summed E-state index contributed by atoms with van der Waals surface area (Å²) < 4.78 is 11.1. The van der Waals surface area contributed by atoms with Crippen molar-refractivity contribution in [3.05, 3.63) is 66.2 Å². The van der Waals surface area contributed by atoms with Crippen LogP contribution in [0.4, 0.5) is 0 Å². The van der Waals surface area contributed by atoms with E-state index in [9.17, 15) is 4.79 Å². The third-order valence-corrected chi connectivity index (χ3v) is 3.05. The molecule has 21 heavy (non-hydrogen) atoms. The van der Waals surface area contributed by atoms with E-state index >= 15 is 0 Å². The predicted molar refractivity (Wildman–Crippen MR) is 82.0 cm³/mol. The number of amides is 1. The Labute approximate surface area is 123 Å². The Morgan fingerprint density at radius 3 is 2.48 bits per heavy atom. The predicted octanol–water partition coefficient (Wildman–Crippen LogP) is 2.77. The molecule has 4 nitrogen and oxygen atoms in total. The Morgan fingerprint density at radius 2 is 1.86 bits per heavy atom. The molecule has 2 aromatic carbocycles. The molecule has 108 valence electrons. The van der Waals surface area contributed by atoms with E-state index in [-0.39, 0.29) is 5.57 Å². The molecule has 0 radical (unpaired) electrons. The van der Waals surface area contributed by atoms with E-state index in [2.05, 4.69) is 6.58 Å². The minimum absolute atomic E-state index is 0.192. The van der Waals surface area contributed by atoms with E-state index in [1.165, 1.54) is 0 Å². The van der Waals surface area contributed by atoms with Crippen molar-refractivity contribution in [2.75, 3.05) is 7.11 Å². The average molecular weight is 283 g/mol. The standard InChI is InChI=1S/C17H17NO3/c1-12(17(18)19)14-9-6-10-15(20-2)16(14)21-11-13-7-4-3-5-8-13/h3-10H,1,11H2,2H3,(H2,18,19). The molecule has 0 saturated carbocycles. The summed E-state index contributed by atoms with van der Waals surface area (Å²) in [6, 6.07) is 15.0. The number of methoxy groups -OCH3 is 1. The molecule has 4 heteroatoms. The zero-order valence-electron chi connectivity index (χ0n) is 11.8. The van der Waals surface area contributed by atoms with Gasteiger partial charge in [-0.2, -0.15) is 0 Å².